The van der Waals surface area contributed by atoms with Gasteiger partial charge in [-0.15, -0.1) is 11.3 Å². The first-order chi connectivity index (χ1) is 7.71. The topological polar surface area (TPSA) is 50.7 Å². The van der Waals surface area contributed by atoms with Crippen molar-refractivity contribution in [1.29, 1.82) is 0 Å². The molecule has 1 unspecified atom stereocenters. The van der Waals surface area contributed by atoms with E-state index >= 15 is 0 Å². The lowest BCUT2D eigenvalue weighted by Gasteiger charge is -2.15. The van der Waals surface area contributed by atoms with Crippen molar-refractivity contribution < 1.29 is 9.63 Å². The van der Waals surface area contributed by atoms with Gasteiger partial charge >= 0.3 is 0 Å². The van der Waals surface area contributed by atoms with Crippen molar-refractivity contribution in [2.24, 2.45) is 5.16 Å². The number of oxime groups is 1. The average molecular weight is 236 g/mol. The molecule has 0 radical (unpaired) electrons. The third kappa shape index (κ3) is 1.28. The van der Waals surface area contributed by atoms with E-state index in [4.69, 9.17) is 4.84 Å². The van der Waals surface area contributed by atoms with Gasteiger partial charge in [-0.05, 0) is 23.9 Å². The first-order valence-electron chi connectivity index (χ1n) is 5.29. The van der Waals surface area contributed by atoms with Gasteiger partial charge in [-0.2, -0.15) is 0 Å². The summed E-state index contributed by atoms with van der Waals surface area (Å²) in [5, 5.41) is 8.92. The van der Waals surface area contributed by atoms with Crippen molar-refractivity contribution >= 4 is 23.0 Å². The molecule has 1 N–H and O–H groups in total. The van der Waals surface area contributed by atoms with E-state index in [2.05, 4.69) is 16.5 Å². The zero-order valence-electron chi connectivity index (χ0n) is 8.95. The van der Waals surface area contributed by atoms with Crippen LogP contribution >= 0.6 is 11.3 Å². The molecule has 3 heterocycles. The lowest BCUT2D eigenvalue weighted by molar-refractivity contribution is -0.138. The Morgan fingerprint density at radius 2 is 2.50 bits per heavy atom. The van der Waals surface area contributed by atoms with Crippen LogP contribution in [0.4, 0.5) is 0 Å². The average Bonchev–Trinajstić information content (AvgIpc) is 2.92. The summed E-state index contributed by atoms with van der Waals surface area (Å²) in [6.45, 7) is 2.74. The third-order valence-electron chi connectivity index (χ3n) is 3.14. The second kappa shape index (κ2) is 3.31. The van der Waals surface area contributed by atoms with Crippen molar-refractivity contribution in [1.82, 2.24) is 5.32 Å². The van der Waals surface area contributed by atoms with Gasteiger partial charge in [-0.25, -0.2) is 0 Å². The number of hydrogen-bond donors (Lipinski definition) is 1. The Morgan fingerprint density at radius 1 is 1.62 bits per heavy atom. The Morgan fingerprint density at radius 3 is 3.12 bits per heavy atom. The number of nitrogens with one attached hydrogen (secondary N) is 1. The van der Waals surface area contributed by atoms with Crippen LogP contribution in [0.1, 0.15) is 23.3 Å². The maximum atomic E-state index is 11.7. The lowest BCUT2D eigenvalue weighted by atomic mass is 9.94. The normalized spacial score (nSPS) is 28.1. The molecule has 1 spiro atoms. The van der Waals surface area contributed by atoms with E-state index in [1.807, 2.05) is 12.3 Å². The minimum absolute atomic E-state index is 0.0274. The van der Waals surface area contributed by atoms with Crippen LogP contribution in [0.3, 0.4) is 0 Å². The summed E-state index contributed by atoms with van der Waals surface area (Å²) in [6.07, 6.45) is 1.31. The smallest absolute Gasteiger partial charge is 0.267 e. The molecule has 1 saturated heterocycles. The minimum atomic E-state index is -0.717. The number of carbonyl (C=O) groups excluding carboxylic acids is 1. The highest BCUT2D eigenvalue weighted by Gasteiger charge is 2.50. The van der Waals surface area contributed by atoms with E-state index in [-0.39, 0.29) is 5.91 Å². The molecule has 5 heteroatoms. The Bertz CT molecular complexity index is 480. The molecule has 4 nitrogen and oxygen atoms in total. The summed E-state index contributed by atoms with van der Waals surface area (Å²) in [5.41, 5.74) is 1.39. The van der Waals surface area contributed by atoms with Crippen LogP contribution in [0, 0.1) is 6.92 Å². The molecular formula is C11H12N2O2S. The summed E-state index contributed by atoms with van der Waals surface area (Å²) < 4.78 is 0. The molecule has 1 aromatic heterocycles. The van der Waals surface area contributed by atoms with Crippen molar-refractivity contribution in [3.8, 4) is 0 Å². The van der Waals surface area contributed by atoms with Crippen LogP contribution in [-0.2, 0) is 9.63 Å². The van der Waals surface area contributed by atoms with Crippen LogP contribution < -0.4 is 5.32 Å². The summed E-state index contributed by atoms with van der Waals surface area (Å²) in [6, 6.07) is 2.06. The molecule has 1 fully saturated rings. The fourth-order valence-electron chi connectivity index (χ4n) is 2.18. The molecule has 1 amide bonds. The van der Waals surface area contributed by atoms with Gasteiger partial charge in [0, 0.05) is 19.4 Å². The summed E-state index contributed by atoms with van der Waals surface area (Å²) in [7, 11) is 0. The number of thiophene rings is 1. The Hall–Kier alpha value is -1.36. The first kappa shape index (κ1) is 9.84. The first-order valence-corrected chi connectivity index (χ1v) is 6.17. The molecular weight excluding hydrogens is 224 g/mol. The second-order valence-corrected chi connectivity index (χ2v) is 5.16. The number of nitrogens with zero attached hydrogens (tertiary/aromatic N) is 1. The van der Waals surface area contributed by atoms with Gasteiger partial charge in [0.05, 0.1) is 4.88 Å². The predicted molar refractivity (Wildman–Crippen MR) is 61.7 cm³/mol. The molecule has 2 aliphatic heterocycles. The molecule has 16 heavy (non-hydrogen) atoms. The van der Waals surface area contributed by atoms with Crippen LogP contribution in [0.15, 0.2) is 16.6 Å². The maximum absolute atomic E-state index is 11.7. The van der Waals surface area contributed by atoms with Crippen LogP contribution in [-0.4, -0.2) is 23.8 Å². The molecule has 0 saturated carbocycles. The van der Waals surface area contributed by atoms with Crippen molar-refractivity contribution in [2.75, 3.05) is 6.54 Å². The summed E-state index contributed by atoms with van der Waals surface area (Å²) in [5.74, 6) is -0.0274. The van der Waals surface area contributed by atoms with Crippen LogP contribution in [0.2, 0.25) is 0 Å². The van der Waals surface area contributed by atoms with Crippen molar-refractivity contribution in [2.45, 2.75) is 25.4 Å². The number of hydrogen-bond acceptors (Lipinski definition) is 4. The van der Waals surface area contributed by atoms with Gasteiger partial charge in [0.25, 0.3) is 5.91 Å². The zero-order chi connectivity index (χ0) is 11.2. The van der Waals surface area contributed by atoms with E-state index in [0.29, 0.717) is 19.4 Å². The number of aryl methyl sites for hydroxylation is 1. The third-order valence-corrected chi connectivity index (χ3v) is 4.20. The fourth-order valence-corrected chi connectivity index (χ4v) is 3.08. The number of amides is 1. The molecule has 3 rings (SSSR count). The highest BCUT2D eigenvalue weighted by atomic mass is 32.1. The van der Waals surface area contributed by atoms with E-state index in [0.717, 1.165) is 10.6 Å². The van der Waals surface area contributed by atoms with Gasteiger partial charge in [0.15, 0.2) is 0 Å². The van der Waals surface area contributed by atoms with E-state index in [9.17, 15) is 4.79 Å². The minimum Gasteiger partial charge on any atom is -0.378 e. The monoisotopic (exact) mass is 236 g/mol. The zero-order valence-corrected chi connectivity index (χ0v) is 9.76. The molecule has 1 aromatic rings. The SMILES string of the molecule is Cc1ccsc1C1=NOC2(CCNC2=O)C1. The largest absolute Gasteiger partial charge is 0.378 e. The lowest BCUT2D eigenvalue weighted by Crippen LogP contribution is -2.38. The summed E-state index contributed by atoms with van der Waals surface area (Å²) >= 11 is 1.65. The Kier molecular flexibility index (Phi) is 2.04. The predicted octanol–water partition coefficient (Wildman–Crippen LogP) is 1.44. The highest BCUT2D eigenvalue weighted by molar-refractivity contribution is 7.12. The maximum Gasteiger partial charge on any atom is 0.267 e. The van der Waals surface area contributed by atoms with Crippen LogP contribution in [0.25, 0.3) is 0 Å². The second-order valence-electron chi connectivity index (χ2n) is 4.24. The Labute approximate surface area is 97.3 Å². The van der Waals surface area contributed by atoms with E-state index in [1.54, 1.807) is 11.3 Å². The highest BCUT2D eigenvalue weighted by Crippen LogP contribution is 2.34. The molecule has 1 atom stereocenters. The Balaban J connectivity index is 1.88. The van der Waals surface area contributed by atoms with Gasteiger partial charge < -0.3 is 10.2 Å². The molecule has 2 aliphatic rings. The van der Waals surface area contributed by atoms with Gasteiger partial charge in [-0.3, -0.25) is 4.79 Å². The molecule has 84 valence electrons. The standard InChI is InChI=1S/C11H12N2O2S/c1-7-2-5-16-9(7)8-6-11(15-13-8)3-4-12-10(11)14/h2,5H,3-4,6H2,1H3,(H,12,14). The van der Waals surface area contributed by atoms with E-state index < -0.39 is 5.60 Å². The van der Waals surface area contributed by atoms with E-state index in [1.165, 1.54) is 5.56 Å². The van der Waals surface area contributed by atoms with Gasteiger partial charge in [0.1, 0.15) is 5.71 Å². The summed E-state index contributed by atoms with van der Waals surface area (Å²) in [4.78, 5) is 18.2. The molecule has 0 aromatic carbocycles. The number of carbonyl (C=O) groups is 1. The molecule has 0 aliphatic carbocycles. The van der Waals surface area contributed by atoms with Crippen molar-refractivity contribution in [3.05, 3.63) is 21.9 Å². The quantitative estimate of drug-likeness (QED) is 0.802. The fraction of sp³-hybridized carbons (Fsp3) is 0.455. The van der Waals surface area contributed by atoms with Crippen LogP contribution in [0.5, 0.6) is 0 Å². The van der Waals surface area contributed by atoms with Crippen molar-refractivity contribution in [3.63, 3.8) is 0 Å². The number of rotatable bonds is 1. The van der Waals surface area contributed by atoms with Gasteiger partial charge in [-0.1, -0.05) is 5.16 Å². The van der Waals surface area contributed by atoms with Gasteiger partial charge in [0.2, 0.25) is 5.60 Å². The molecule has 0 bridgehead atoms.